The van der Waals surface area contributed by atoms with Crippen LogP contribution in [0.25, 0.3) is 33.1 Å². The number of carbonyl (C=O) groups is 1. The topological polar surface area (TPSA) is 73.6 Å². The Morgan fingerprint density at radius 2 is 1.85 bits per heavy atom. The molecule has 0 saturated carbocycles. The number of rotatable bonds is 9. The number of ketones is 1. The number of fused-ring (bicyclic) bond motifs is 2. The van der Waals surface area contributed by atoms with Crippen LogP contribution in [0.5, 0.6) is 0 Å². The molecule has 0 amide bonds. The van der Waals surface area contributed by atoms with E-state index >= 15 is 0 Å². The van der Waals surface area contributed by atoms with Gasteiger partial charge in [0.2, 0.25) is 0 Å². The van der Waals surface area contributed by atoms with Gasteiger partial charge in [0, 0.05) is 45.5 Å². The van der Waals surface area contributed by atoms with Gasteiger partial charge < -0.3 is 14.7 Å². The largest absolute Gasteiger partial charge is 0.361 e. The van der Waals surface area contributed by atoms with Crippen LogP contribution in [0.4, 0.5) is 13.2 Å². The number of nitrogens with one attached hydrogen (secondary N) is 3. The van der Waals surface area contributed by atoms with Crippen LogP contribution in [0, 0.1) is 5.82 Å². The Bertz CT molecular complexity index is 1820. The number of carbonyl (C=O) groups excluding carboxylic acids is 1. The molecular formula is C30H21F3N4OS. The van der Waals surface area contributed by atoms with Crippen molar-refractivity contribution in [1.82, 2.24) is 19.7 Å². The number of allylic oxidation sites excluding steroid dienone is 5. The SMILES string of the molecule is C=C(C(=O)c1c[nH]c2ncc(-c3ccc4[nH]ccc4c3)cc12)/C(F)=C\C=C(\NSc1cccc(F)c1)C(=C)F. The zero-order valence-electron chi connectivity index (χ0n) is 20.4. The van der Waals surface area contributed by atoms with E-state index in [1.54, 1.807) is 12.3 Å². The molecule has 0 spiro atoms. The summed E-state index contributed by atoms with van der Waals surface area (Å²) in [4.78, 5) is 24.1. The van der Waals surface area contributed by atoms with Crippen molar-refractivity contribution in [2.24, 2.45) is 0 Å². The van der Waals surface area contributed by atoms with Crippen LogP contribution in [-0.2, 0) is 0 Å². The number of Topliss-reactive ketones (excluding diaryl/α,β-unsaturated/α-hetero) is 1. The molecule has 2 aromatic carbocycles. The molecule has 0 aliphatic heterocycles. The number of hydrogen-bond donors (Lipinski definition) is 3. The molecule has 0 atom stereocenters. The third-order valence-corrected chi connectivity index (χ3v) is 6.80. The molecule has 0 radical (unpaired) electrons. The number of halogens is 3. The van der Waals surface area contributed by atoms with E-state index in [9.17, 15) is 18.0 Å². The Morgan fingerprint density at radius 3 is 2.64 bits per heavy atom. The lowest BCUT2D eigenvalue weighted by Gasteiger charge is -2.07. The molecule has 0 bridgehead atoms. The minimum Gasteiger partial charge on any atom is -0.361 e. The molecule has 0 aliphatic rings. The van der Waals surface area contributed by atoms with Gasteiger partial charge in [-0.2, -0.15) is 0 Å². The molecule has 5 rings (SSSR count). The number of H-pyrrole nitrogens is 2. The van der Waals surface area contributed by atoms with Crippen molar-refractivity contribution in [3.05, 3.63) is 133 Å². The summed E-state index contributed by atoms with van der Waals surface area (Å²) in [5, 5.41) is 1.55. The Kier molecular flexibility index (Phi) is 7.25. The molecule has 3 aromatic heterocycles. The Morgan fingerprint density at radius 1 is 1.00 bits per heavy atom. The molecular weight excluding hydrogens is 521 g/mol. The van der Waals surface area contributed by atoms with E-state index in [-0.39, 0.29) is 11.3 Å². The van der Waals surface area contributed by atoms with Gasteiger partial charge in [-0.15, -0.1) is 0 Å². The summed E-state index contributed by atoms with van der Waals surface area (Å²) in [6, 6.07) is 15.3. The van der Waals surface area contributed by atoms with Gasteiger partial charge in [-0.3, -0.25) is 4.79 Å². The first-order chi connectivity index (χ1) is 18.8. The van der Waals surface area contributed by atoms with E-state index in [1.807, 2.05) is 36.5 Å². The molecule has 3 heterocycles. The van der Waals surface area contributed by atoms with Gasteiger partial charge in [0.05, 0.1) is 11.3 Å². The summed E-state index contributed by atoms with van der Waals surface area (Å²) < 4.78 is 45.0. The summed E-state index contributed by atoms with van der Waals surface area (Å²) in [6.07, 6.45) is 7.02. The molecule has 5 aromatic rings. The van der Waals surface area contributed by atoms with Crippen LogP contribution in [0.15, 0.2) is 126 Å². The molecule has 0 unspecified atom stereocenters. The van der Waals surface area contributed by atoms with Gasteiger partial charge in [-0.1, -0.05) is 25.3 Å². The zero-order chi connectivity index (χ0) is 27.5. The van der Waals surface area contributed by atoms with Gasteiger partial charge in [0.25, 0.3) is 0 Å². The second-order valence-corrected chi connectivity index (χ2v) is 9.45. The lowest BCUT2D eigenvalue weighted by atomic mass is 10.0. The molecule has 0 fully saturated rings. The summed E-state index contributed by atoms with van der Waals surface area (Å²) in [6.45, 7) is 6.84. The number of aromatic nitrogens is 3. The lowest BCUT2D eigenvalue weighted by molar-refractivity contribution is 0.103. The standard InChI is InChI=1S/C30H21F3N4OS/c1-17(26(33)7-9-27(18(2)31)37-39-23-5-3-4-22(32)14-23)29(38)25-16-36-30-24(25)13-21(15-35-30)19-6-8-28-20(12-19)10-11-34-28/h3-16,34,37H,1-2H2,(H,35,36)/b26-7+,27-9+. The van der Waals surface area contributed by atoms with Gasteiger partial charge in [0.1, 0.15) is 23.1 Å². The van der Waals surface area contributed by atoms with E-state index in [2.05, 4.69) is 32.8 Å². The van der Waals surface area contributed by atoms with Crippen LogP contribution in [0.3, 0.4) is 0 Å². The van der Waals surface area contributed by atoms with Crippen LogP contribution in [-0.4, -0.2) is 20.7 Å². The summed E-state index contributed by atoms with van der Waals surface area (Å²) in [5.74, 6) is -2.92. The maximum atomic E-state index is 15.0. The summed E-state index contributed by atoms with van der Waals surface area (Å²) in [5.41, 5.74) is 2.81. The predicted molar refractivity (Wildman–Crippen MR) is 150 cm³/mol. The molecule has 0 aliphatic carbocycles. The van der Waals surface area contributed by atoms with E-state index in [0.29, 0.717) is 15.9 Å². The highest BCUT2D eigenvalue weighted by Gasteiger charge is 2.19. The molecule has 0 saturated heterocycles. The predicted octanol–water partition coefficient (Wildman–Crippen LogP) is 8.11. The minimum absolute atomic E-state index is 0.153. The van der Waals surface area contributed by atoms with Crippen molar-refractivity contribution in [1.29, 1.82) is 0 Å². The van der Waals surface area contributed by atoms with Crippen molar-refractivity contribution < 1.29 is 18.0 Å². The first-order valence-corrected chi connectivity index (χ1v) is 12.5. The highest BCUT2D eigenvalue weighted by molar-refractivity contribution is 7.97. The maximum absolute atomic E-state index is 15.0. The molecule has 9 heteroatoms. The monoisotopic (exact) mass is 542 g/mol. The van der Waals surface area contributed by atoms with Gasteiger partial charge in [-0.25, -0.2) is 18.2 Å². The average molecular weight is 543 g/mol. The van der Waals surface area contributed by atoms with Gasteiger partial charge in [0.15, 0.2) is 5.78 Å². The van der Waals surface area contributed by atoms with Crippen LogP contribution in [0.1, 0.15) is 10.4 Å². The molecule has 39 heavy (non-hydrogen) atoms. The van der Waals surface area contributed by atoms with E-state index < -0.39 is 28.8 Å². The minimum atomic E-state index is -0.951. The Labute approximate surface area is 226 Å². The highest BCUT2D eigenvalue weighted by Crippen LogP contribution is 2.29. The number of aromatic amines is 2. The molecule has 194 valence electrons. The van der Waals surface area contributed by atoms with Gasteiger partial charge in [-0.05, 0) is 77.5 Å². The van der Waals surface area contributed by atoms with Crippen molar-refractivity contribution in [2.45, 2.75) is 4.90 Å². The van der Waals surface area contributed by atoms with Crippen LogP contribution in [0.2, 0.25) is 0 Å². The summed E-state index contributed by atoms with van der Waals surface area (Å²) >= 11 is 0.924. The number of nitrogens with zero attached hydrogens (tertiary/aromatic N) is 1. The van der Waals surface area contributed by atoms with E-state index in [0.717, 1.165) is 46.1 Å². The lowest BCUT2D eigenvalue weighted by Crippen LogP contribution is -2.04. The zero-order valence-corrected chi connectivity index (χ0v) is 21.2. The molecule has 3 N–H and O–H groups in total. The third-order valence-electron chi connectivity index (χ3n) is 5.99. The van der Waals surface area contributed by atoms with Crippen molar-refractivity contribution in [3.63, 3.8) is 0 Å². The quantitative estimate of drug-likeness (QED) is 0.0761. The second-order valence-electron chi connectivity index (χ2n) is 8.57. The Hall–Kier alpha value is -4.76. The van der Waals surface area contributed by atoms with Gasteiger partial charge >= 0.3 is 0 Å². The smallest absolute Gasteiger partial charge is 0.197 e. The second kappa shape index (κ2) is 10.9. The van der Waals surface area contributed by atoms with Crippen LogP contribution >= 0.6 is 11.9 Å². The van der Waals surface area contributed by atoms with Crippen molar-refractivity contribution in [3.8, 4) is 11.1 Å². The number of benzene rings is 2. The Balaban J connectivity index is 1.37. The highest BCUT2D eigenvalue weighted by atomic mass is 32.2. The molecule has 5 nitrogen and oxygen atoms in total. The third kappa shape index (κ3) is 5.58. The van der Waals surface area contributed by atoms with Crippen molar-refractivity contribution in [2.75, 3.05) is 0 Å². The van der Waals surface area contributed by atoms with E-state index in [1.165, 1.54) is 24.4 Å². The van der Waals surface area contributed by atoms with Crippen molar-refractivity contribution >= 4 is 39.7 Å². The first-order valence-electron chi connectivity index (χ1n) is 11.7. The van der Waals surface area contributed by atoms with E-state index in [4.69, 9.17) is 0 Å². The number of pyridine rings is 1. The fourth-order valence-corrected chi connectivity index (χ4v) is 4.66. The van der Waals surface area contributed by atoms with Crippen LogP contribution < -0.4 is 4.72 Å². The maximum Gasteiger partial charge on any atom is 0.197 e. The fourth-order valence-electron chi connectivity index (χ4n) is 3.93. The fraction of sp³-hybridized carbons (Fsp3) is 0. The summed E-state index contributed by atoms with van der Waals surface area (Å²) in [7, 11) is 0. The normalized spacial score (nSPS) is 12.2. The number of hydrogen-bond acceptors (Lipinski definition) is 4. The average Bonchev–Trinajstić information content (AvgIpc) is 3.58. The first kappa shape index (κ1) is 25.9.